The third-order valence-corrected chi connectivity index (χ3v) is 4.26. The number of hydrogen-bond donors (Lipinski definition) is 1. The zero-order chi connectivity index (χ0) is 12.5. The Balaban J connectivity index is 2.59. The fourth-order valence-electron chi connectivity index (χ4n) is 1.33. The fourth-order valence-corrected chi connectivity index (χ4v) is 1.94. The Morgan fingerprint density at radius 3 is 2.69 bits per heavy atom. The van der Waals surface area contributed by atoms with Crippen molar-refractivity contribution in [2.75, 3.05) is 13.2 Å². The normalized spacial score (nSPS) is 26.6. The van der Waals surface area contributed by atoms with Gasteiger partial charge in [0, 0.05) is 6.66 Å². The molecule has 1 heterocycles. The van der Waals surface area contributed by atoms with Gasteiger partial charge in [0.05, 0.1) is 18.2 Å². The van der Waals surface area contributed by atoms with Crippen molar-refractivity contribution in [3.63, 3.8) is 0 Å². The third kappa shape index (κ3) is 3.14. The Kier molecular flexibility index (Phi) is 3.88. The molecule has 0 spiro atoms. The number of Topliss-reactive ketones (excluding diaryl/α,β-unsaturated/α-hetero) is 1. The molecule has 0 bridgehead atoms. The summed E-state index contributed by atoms with van der Waals surface area (Å²) in [5.74, 6) is -0.729. The second-order valence-electron chi connectivity index (χ2n) is 4.14. The molecule has 0 aromatic carbocycles. The van der Waals surface area contributed by atoms with E-state index in [1.165, 1.54) is 6.92 Å². The molecule has 92 valence electrons. The molecule has 1 fully saturated rings. The predicted molar refractivity (Wildman–Crippen MR) is 57.1 cm³/mol. The van der Waals surface area contributed by atoms with Gasteiger partial charge >= 0.3 is 0 Å². The lowest BCUT2D eigenvalue weighted by Gasteiger charge is -2.18. The van der Waals surface area contributed by atoms with Gasteiger partial charge < -0.3 is 4.89 Å². The molecule has 3 atom stereocenters. The minimum absolute atomic E-state index is 0.238. The first kappa shape index (κ1) is 13.4. The topological polar surface area (TPSA) is 83.9 Å². The summed E-state index contributed by atoms with van der Waals surface area (Å²) in [5, 5.41) is 0.971. The van der Waals surface area contributed by atoms with Gasteiger partial charge in [-0.1, -0.05) is 0 Å². The Bertz CT molecular complexity index is 350. The summed E-state index contributed by atoms with van der Waals surface area (Å²) in [6, 6.07) is 0. The Labute approximate surface area is 94.0 Å². The van der Waals surface area contributed by atoms with Gasteiger partial charge in [0.25, 0.3) is 0 Å². The number of carbonyl (C=O) groups is 2. The maximum Gasteiger partial charge on any atom is 0.249 e. The number of ketones is 1. The number of rotatable bonds is 4. The van der Waals surface area contributed by atoms with Gasteiger partial charge in [0.15, 0.2) is 5.78 Å². The molecule has 6 nitrogen and oxygen atoms in total. The molecule has 1 amide bonds. The van der Waals surface area contributed by atoms with Crippen LogP contribution in [0.25, 0.3) is 0 Å². The maximum atomic E-state index is 11.6. The first-order valence-corrected chi connectivity index (χ1v) is 7.19. The van der Waals surface area contributed by atoms with E-state index in [-0.39, 0.29) is 25.0 Å². The first-order chi connectivity index (χ1) is 7.21. The second kappa shape index (κ2) is 4.65. The van der Waals surface area contributed by atoms with E-state index in [9.17, 15) is 19.0 Å². The molecular formula is C9H16NO5P. The molecule has 0 aromatic rings. The smallest absolute Gasteiger partial charge is 0.249 e. The summed E-state index contributed by atoms with van der Waals surface area (Å²) in [5.41, 5.74) is -0.972. The minimum Gasteiger partial charge on any atom is -0.344 e. The molecule has 1 N–H and O–H groups in total. The van der Waals surface area contributed by atoms with Crippen LogP contribution in [0.4, 0.5) is 0 Å². The largest absolute Gasteiger partial charge is 0.344 e. The van der Waals surface area contributed by atoms with Crippen molar-refractivity contribution in [1.29, 1.82) is 0 Å². The molecule has 1 rings (SSSR count). The van der Waals surface area contributed by atoms with Gasteiger partial charge in [-0.2, -0.15) is 0 Å². The quantitative estimate of drug-likeness (QED) is 0.729. The Hall–Kier alpha value is -0.710. The van der Waals surface area contributed by atoms with E-state index < -0.39 is 18.8 Å². The zero-order valence-corrected chi connectivity index (χ0v) is 10.4. The predicted octanol–water partition coefficient (Wildman–Crippen LogP) is 0.397. The summed E-state index contributed by atoms with van der Waals surface area (Å²) in [6.45, 7) is 3.98. The number of amides is 1. The summed E-state index contributed by atoms with van der Waals surface area (Å²) in [7, 11) is -3.45. The van der Waals surface area contributed by atoms with Gasteiger partial charge in [-0.15, -0.1) is 0 Å². The van der Waals surface area contributed by atoms with E-state index in [0.29, 0.717) is 0 Å². The molecule has 1 saturated heterocycles. The molecule has 0 saturated carbocycles. The lowest BCUT2D eigenvalue weighted by molar-refractivity contribution is -0.173. The second-order valence-corrected chi connectivity index (χ2v) is 6.80. The van der Waals surface area contributed by atoms with E-state index in [1.54, 1.807) is 6.92 Å². The summed E-state index contributed by atoms with van der Waals surface area (Å²) in [4.78, 5) is 37.2. The van der Waals surface area contributed by atoms with E-state index in [0.717, 1.165) is 11.7 Å². The van der Waals surface area contributed by atoms with Crippen molar-refractivity contribution >= 4 is 19.1 Å². The monoisotopic (exact) mass is 249 g/mol. The molecule has 7 heteroatoms. The van der Waals surface area contributed by atoms with Crippen molar-refractivity contribution < 1.29 is 23.9 Å². The average molecular weight is 249 g/mol. The standard InChI is InChI=1S/C9H16NO5P/c1-6-4-9(12)10(15-6)5-8(11)7(2)16(3,13)14/h6-7H,4-5H2,1-3H3,(H,13,14). The van der Waals surface area contributed by atoms with Crippen LogP contribution in [-0.2, 0) is 19.0 Å². The van der Waals surface area contributed by atoms with Gasteiger partial charge in [-0.3, -0.25) is 19.0 Å². The maximum absolute atomic E-state index is 11.6. The van der Waals surface area contributed by atoms with Crippen LogP contribution in [0.2, 0.25) is 0 Å². The van der Waals surface area contributed by atoms with Crippen LogP contribution in [-0.4, -0.2) is 46.6 Å². The summed E-state index contributed by atoms with van der Waals surface area (Å²) >= 11 is 0. The Morgan fingerprint density at radius 1 is 1.75 bits per heavy atom. The molecule has 0 aromatic heterocycles. The fraction of sp³-hybridized carbons (Fsp3) is 0.778. The number of carbonyl (C=O) groups excluding carboxylic acids is 2. The highest BCUT2D eigenvalue weighted by Crippen LogP contribution is 2.41. The average Bonchev–Trinajstić information content (AvgIpc) is 2.42. The van der Waals surface area contributed by atoms with Crippen LogP contribution in [0, 0.1) is 0 Å². The van der Waals surface area contributed by atoms with E-state index >= 15 is 0 Å². The highest BCUT2D eigenvalue weighted by molar-refractivity contribution is 7.59. The molecule has 16 heavy (non-hydrogen) atoms. The molecule has 1 aliphatic heterocycles. The highest BCUT2D eigenvalue weighted by Gasteiger charge is 2.34. The van der Waals surface area contributed by atoms with Crippen LogP contribution in [0.15, 0.2) is 0 Å². The van der Waals surface area contributed by atoms with Gasteiger partial charge in [0.2, 0.25) is 13.3 Å². The molecule has 3 unspecified atom stereocenters. The van der Waals surface area contributed by atoms with E-state index in [1.807, 2.05) is 0 Å². The van der Waals surface area contributed by atoms with Gasteiger partial charge in [-0.25, -0.2) is 5.06 Å². The van der Waals surface area contributed by atoms with Crippen LogP contribution < -0.4 is 0 Å². The number of hydrogen-bond acceptors (Lipinski definition) is 4. The lowest BCUT2D eigenvalue weighted by atomic mass is 10.3. The Morgan fingerprint density at radius 2 is 2.31 bits per heavy atom. The number of hydroxylamine groups is 2. The number of nitrogens with zero attached hydrogens (tertiary/aromatic N) is 1. The summed E-state index contributed by atoms with van der Waals surface area (Å²) < 4.78 is 11.3. The SMILES string of the molecule is CC1CC(=O)N(CC(=O)C(C)P(C)(=O)O)O1. The van der Waals surface area contributed by atoms with Crippen molar-refractivity contribution in [1.82, 2.24) is 5.06 Å². The van der Waals surface area contributed by atoms with Crippen LogP contribution in [0.5, 0.6) is 0 Å². The van der Waals surface area contributed by atoms with Crippen molar-refractivity contribution in [3.8, 4) is 0 Å². The lowest BCUT2D eigenvalue weighted by Crippen LogP contribution is -2.34. The van der Waals surface area contributed by atoms with Crippen LogP contribution >= 0.6 is 7.37 Å². The van der Waals surface area contributed by atoms with Crippen LogP contribution in [0.3, 0.4) is 0 Å². The van der Waals surface area contributed by atoms with E-state index in [4.69, 9.17) is 4.84 Å². The van der Waals surface area contributed by atoms with Gasteiger partial charge in [-0.05, 0) is 13.8 Å². The van der Waals surface area contributed by atoms with Gasteiger partial charge in [0.1, 0.15) is 6.54 Å². The molecular weight excluding hydrogens is 233 g/mol. The van der Waals surface area contributed by atoms with Crippen molar-refractivity contribution in [3.05, 3.63) is 0 Å². The summed E-state index contributed by atoms with van der Waals surface area (Å²) in [6.07, 6.45) is 0.00284. The third-order valence-electron chi connectivity index (χ3n) is 2.53. The minimum atomic E-state index is -3.45. The molecule has 0 aliphatic carbocycles. The zero-order valence-electron chi connectivity index (χ0n) is 9.54. The molecule has 1 aliphatic rings. The van der Waals surface area contributed by atoms with Crippen LogP contribution in [0.1, 0.15) is 20.3 Å². The molecule has 0 radical (unpaired) electrons. The highest BCUT2D eigenvalue weighted by atomic mass is 31.2. The van der Waals surface area contributed by atoms with E-state index in [2.05, 4.69) is 0 Å². The van der Waals surface area contributed by atoms with Crippen molar-refractivity contribution in [2.24, 2.45) is 0 Å². The first-order valence-electron chi connectivity index (χ1n) is 5.01. The van der Waals surface area contributed by atoms with Crippen molar-refractivity contribution in [2.45, 2.75) is 32.0 Å².